The molecule has 104 valence electrons. The third-order valence-corrected chi connectivity index (χ3v) is 3.87. The quantitative estimate of drug-likeness (QED) is 0.684. The van der Waals surface area contributed by atoms with Crippen LogP contribution in [-0.4, -0.2) is 35.0 Å². The lowest BCUT2D eigenvalue weighted by Crippen LogP contribution is -2.57. The normalized spacial score (nSPS) is 19.3. The molecule has 0 radical (unpaired) electrons. The first-order chi connectivity index (χ1) is 8.90. The Bertz CT molecular complexity index is 491. The molecule has 1 N–H and O–H groups in total. The van der Waals surface area contributed by atoms with Crippen LogP contribution in [0.5, 0.6) is 0 Å². The fraction of sp³-hybridized carbons (Fsp3) is 0.538. The topological polar surface area (TPSA) is 58.4 Å². The molecule has 0 atom stereocenters. The molecule has 1 aliphatic rings. The summed E-state index contributed by atoms with van der Waals surface area (Å²) in [6, 6.07) is 5.03. The van der Waals surface area contributed by atoms with Gasteiger partial charge in [0.25, 0.3) is 5.69 Å². The molecule has 6 heteroatoms. The second kappa shape index (κ2) is 5.45. The van der Waals surface area contributed by atoms with Crippen molar-refractivity contribution in [3.8, 4) is 0 Å². The fourth-order valence-electron chi connectivity index (χ4n) is 2.33. The first-order valence-corrected chi connectivity index (χ1v) is 6.66. The van der Waals surface area contributed by atoms with E-state index in [1.807, 2.05) is 6.07 Å². The highest BCUT2D eigenvalue weighted by molar-refractivity contribution is 6.32. The molecule has 1 saturated heterocycles. The molecule has 5 nitrogen and oxygen atoms in total. The first-order valence-electron chi connectivity index (χ1n) is 6.29. The number of nitrogens with zero attached hydrogens (tertiary/aromatic N) is 2. The predicted octanol–water partition coefficient (Wildman–Crippen LogP) is 2.43. The van der Waals surface area contributed by atoms with Gasteiger partial charge in [-0.1, -0.05) is 17.7 Å². The van der Waals surface area contributed by atoms with Crippen molar-refractivity contribution < 1.29 is 4.92 Å². The largest absolute Gasteiger partial charge is 0.314 e. The van der Waals surface area contributed by atoms with Gasteiger partial charge in [-0.05, 0) is 25.5 Å². The van der Waals surface area contributed by atoms with Crippen LogP contribution in [0.4, 0.5) is 5.69 Å². The van der Waals surface area contributed by atoms with Gasteiger partial charge in [0.05, 0.1) is 4.92 Å². The second-order valence-electron chi connectivity index (χ2n) is 5.45. The highest BCUT2D eigenvalue weighted by atomic mass is 35.5. The molecule has 0 amide bonds. The molecule has 1 heterocycles. The van der Waals surface area contributed by atoms with Crippen LogP contribution in [-0.2, 0) is 6.54 Å². The zero-order valence-electron chi connectivity index (χ0n) is 11.1. The molecule has 1 aliphatic heterocycles. The average molecular weight is 284 g/mol. The smallest absolute Gasteiger partial charge is 0.288 e. The van der Waals surface area contributed by atoms with Crippen molar-refractivity contribution in [2.45, 2.75) is 25.9 Å². The van der Waals surface area contributed by atoms with E-state index < -0.39 is 4.92 Å². The van der Waals surface area contributed by atoms with Gasteiger partial charge in [0, 0.05) is 37.8 Å². The van der Waals surface area contributed by atoms with Crippen molar-refractivity contribution in [1.29, 1.82) is 0 Å². The Morgan fingerprint density at radius 2 is 2.26 bits per heavy atom. The molecule has 1 aromatic rings. The van der Waals surface area contributed by atoms with Crippen molar-refractivity contribution >= 4 is 17.3 Å². The van der Waals surface area contributed by atoms with Crippen LogP contribution in [0.15, 0.2) is 18.2 Å². The van der Waals surface area contributed by atoms with Gasteiger partial charge < -0.3 is 5.32 Å². The maximum Gasteiger partial charge on any atom is 0.288 e. The molecular weight excluding hydrogens is 266 g/mol. The molecule has 0 bridgehead atoms. The number of benzene rings is 1. The molecule has 0 aliphatic carbocycles. The van der Waals surface area contributed by atoms with Crippen molar-refractivity contribution in [3.63, 3.8) is 0 Å². The van der Waals surface area contributed by atoms with E-state index >= 15 is 0 Å². The third kappa shape index (κ3) is 3.23. The van der Waals surface area contributed by atoms with E-state index in [0.717, 1.165) is 25.2 Å². The van der Waals surface area contributed by atoms with Crippen LogP contribution in [0.1, 0.15) is 19.4 Å². The monoisotopic (exact) mass is 283 g/mol. The Morgan fingerprint density at radius 3 is 2.89 bits per heavy atom. The Kier molecular flexibility index (Phi) is 4.08. The van der Waals surface area contributed by atoms with E-state index in [-0.39, 0.29) is 16.2 Å². The van der Waals surface area contributed by atoms with Gasteiger partial charge >= 0.3 is 0 Å². The van der Waals surface area contributed by atoms with Crippen LogP contribution in [0.3, 0.4) is 0 Å². The van der Waals surface area contributed by atoms with E-state index in [9.17, 15) is 10.1 Å². The summed E-state index contributed by atoms with van der Waals surface area (Å²) in [5.41, 5.74) is 0.949. The lowest BCUT2D eigenvalue weighted by molar-refractivity contribution is -0.384. The number of hydrogen-bond donors (Lipinski definition) is 1. The van der Waals surface area contributed by atoms with E-state index in [1.54, 1.807) is 12.1 Å². The molecule has 2 rings (SSSR count). The Hall–Kier alpha value is -1.17. The zero-order valence-corrected chi connectivity index (χ0v) is 11.9. The molecule has 0 unspecified atom stereocenters. The summed E-state index contributed by atoms with van der Waals surface area (Å²) in [7, 11) is 0. The van der Waals surface area contributed by atoms with Crippen LogP contribution < -0.4 is 5.32 Å². The van der Waals surface area contributed by atoms with Gasteiger partial charge in [0.1, 0.15) is 5.02 Å². The summed E-state index contributed by atoms with van der Waals surface area (Å²) in [5.74, 6) is 0. The lowest BCUT2D eigenvalue weighted by Gasteiger charge is -2.42. The van der Waals surface area contributed by atoms with E-state index in [1.165, 1.54) is 0 Å². The van der Waals surface area contributed by atoms with E-state index in [0.29, 0.717) is 6.54 Å². The maximum atomic E-state index is 10.9. The van der Waals surface area contributed by atoms with Crippen molar-refractivity contribution in [2.24, 2.45) is 0 Å². The Balaban J connectivity index is 2.19. The predicted molar refractivity (Wildman–Crippen MR) is 75.5 cm³/mol. The minimum absolute atomic E-state index is 0.0212. The zero-order chi connectivity index (χ0) is 14.0. The van der Waals surface area contributed by atoms with E-state index in [4.69, 9.17) is 11.6 Å². The van der Waals surface area contributed by atoms with Crippen molar-refractivity contribution in [3.05, 3.63) is 38.9 Å². The van der Waals surface area contributed by atoms with Crippen LogP contribution in [0.2, 0.25) is 5.02 Å². The molecule has 1 fully saturated rings. The molecular formula is C13H18ClN3O2. The average Bonchev–Trinajstić information content (AvgIpc) is 2.33. The molecule has 1 aromatic carbocycles. The van der Waals surface area contributed by atoms with Crippen molar-refractivity contribution in [2.75, 3.05) is 19.6 Å². The summed E-state index contributed by atoms with van der Waals surface area (Å²) in [4.78, 5) is 12.8. The number of halogens is 1. The van der Waals surface area contributed by atoms with Crippen LogP contribution in [0, 0.1) is 10.1 Å². The van der Waals surface area contributed by atoms with Gasteiger partial charge in [0.15, 0.2) is 0 Å². The van der Waals surface area contributed by atoms with Gasteiger partial charge in [-0.3, -0.25) is 15.0 Å². The number of rotatable bonds is 3. The number of nitro benzene ring substituents is 1. The highest BCUT2D eigenvalue weighted by Gasteiger charge is 2.29. The molecule has 0 saturated carbocycles. The Labute approximate surface area is 117 Å². The summed E-state index contributed by atoms with van der Waals surface area (Å²) in [5, 5.41) is 14.4. The van der Waals surface area contributed by atoms with E-state index in [2.05, 4.69) is 24.1 Å². The van der Waals surface area contributed by atoms with Crippen molar-refractivity contribution in [1.82, 2.24) is 10.2 Å². The summed E-state index contributed by atoms with van der Waals surface area (Å²) in [6.07, 6.45) is 0. The van der Waals surface area contributed by atoms with Gasteiger partial charge in [-0.15, -0.1) is 0 Å². The van der Waals surface area contributed by atoms with Gasteiger partial charge in [-0.2, -0.15) is 0 Å². The fourth-order valence-corrected chi connectivity index (χ4v) is 2.52. The number of nitro groups is 1. The standard InChI is InChI=1S/C13H18ClN3O2/c1-13(2)9-15-5-6-16(13)8-10-3-4-11(14)12(7-10)17(18)19/h3-4,7,15H,5-6,8-9H2,1-2H3. The minimum Gasteiger partial charge on any atom is -0.314 e. The molecule has 19 heavy (non-hydrogen) atoms. The second-order valence-corrected chi connectivity index (χ2v) is 5.86. The number of piperazine rings is 1. The third-order valence-electron chi connectivity index (χ3n) is 3.55. The summed E-state index contributed by atoms with van der Waals surface area (Å²) < 4.78 is 0. The minimum atomic E-state index is -0.436. The number of nitrogens with one attached hydrogen (secondary N) is 1. The SMILES string of the molecule is CC1(C)CNCCN1Cc1ccc(Cl)c([N+](=O)[O-])c1. The van der Waals surface area contributed by atoms with Crippen LogP contribution in [0.25, 0.3) is 0 Å². The first kappa shape index (κ1) is 14.2. The molecule has 0 aromatic heterocycles. The maximum absolute atomic E-state index is 10.9. The van der Waals surface area contributed by atoms with Crippen LogP contribution >= 0.6 is 11.6 Å². The Morgan fingerprint density at radius 1 is 1.53 bits per heavy atom. The van der Waals surface area contributed by atoms with Gasteiger partial charge in [0.2, 0.25) is 0 Å². The lowest BCUT2D eigenvalue weighted by atomic mass is 9.99. The number of hydrogen-bond acceptors (Lipinski definition) is 4. The molecule has 0 spiro atoms. The van der Waals surface area contributed by atoms with Gasteiger partial charge in [-0.25, -0.2) is 0 Å². The summed E-state index contributed by atoms with van der Waals surface area (Å²) in [6.45, 7) is 7.84. The highest BCUT2D eigenvalue weighted by Crippen LogP contribution is 2.27. The summed E-state index contributed by atoms with van der Waals surface area (Å²) >= 11 is 5.82.